The summed E-state index contributed by atoms with van der Waals surface area (Å²) >= 11 is 0. The summed E-state index contributed by atoms with van der Waals surface area (Å²) in [5.41, 5.74) is 0.00492. The summed E-state index contributed by atoms with van der Waals surface area (Å²) < 4.78 is 39.8. The number of nitrogens with zero attached hydrogens (tertiary/aromatic N) is 1. The lowest BCUT2D eigenvalue weighted by atomic mass is 9.95. The van der Waals surface area contributed by atoms with Crippen LogP contribution in [0.15, 0.2) is 12.1 Å². The van der Waals surface area contributed by atoms with Gasteiger partial charge in [0.05, 0.1) is 5.69 Å². The smallest absolute Gasteiger partial charge is 0.161 e. The van der Waals surface area contributed by atoms with Crippen LogP contribution >= 0.6 is 0 Å². The van der Waals surface area contributed by atoms with Crippen LogP contribution in [0.1, 0.15) is 20.3 Å². The molecule has 1 saturated heterocycles. The van der Waals surface area contributed by atoms with Gasteiger partial charge in [0.25, 0.3) is 0 Å². The van der Waals surface area contributed by atoms with Gasteiger partial charge in [-0.05, 0) is 13.3 Å². The largest absolute Gasteiger partial charge is 0.366 e. The van der Waals surface area contributed by atoms with E-state index in [9.17, 15) is 13.2 Å². The molecule has 1 N–H and O–H groups in total. The molecule has 2 rings (SSSR count). The van der Waals surface area contributed by atoms with Crippen molar-refractivity contribution in [2.45, 2.75) is 25.8 Å². The number of hydrogen-bond donors (Lipinski definition) is 1. The van der Waals surface area contributed by atoms with E-state index in [1.807, 2.05) is 13.8 Å². The van der Waals surface area contributed by atoms with Crippen LogP contribution in [0.5, 0.6) is 0 Å². The maximum Gasteiger partial charge on any atom is 0.161 e. The van der Waals surface area contributed by atoms with Gasteiger partial charge in [0.1, 0.15) is 5.82 Å². The van der Waals surface area contributed by atoms with Crippen molar-refractivity contribution < 1.29 is 13.2 Å². The molecule has 0 spiro atoms. The highest BCUT2D eigenvalue weighted by Crippen LogP contribution is 2.26. The first kappa shape index (κ1) is 13.2. The van der Waals surface area contributed by atoms with Crippen LogP contribution in [0, 0.1) is 17.5 Å². The molecule has 1 aromatic carbocycles. The minimum Gasteiger partial charge on any atom is -0.366 e. The van der Waals surface area contributed by atoms with Crippen molar-refractivity contribution in [1.29, 1.82) is 0 Å². The Balaban J connectivity index is 2.29. The first-order valence-electron chi connectivity index (χ1n) is 6.10. The average Bonchev–Trinajstić information content (AvgIpc) is 2.34. The SMILES string of the molecule is CCC1(C)CN(c2cc(F)c(F)cc2F)CCN1. The Hall–Kier alpha value is -1.23. The van der Waals surface area contributed by atoms with Crippen molar-refractivity contribution in [3.63, 3.8) is 0 Å². The second-order valence-corrected chi connectivity index (χ2v) is 4.98. The molecule has 100 valence electrons. The normalized spacial score (nSPS) is 24.4. The molecule has 1 atom stereocenters. The fraction of sp³-hybridized carbons (Fsp3) is 0.538. The Bertz CT molecular complexity index is 450. The van der Waals surface area contributed by atoms with Gasteiger partial charge in [-0.15, -0.1) is 0 Å². The zero-order valence-corrected chi connectivity index (χ0v) is 10.6. The number of anilines is 1. The topological polar surface area (TPSA) is 15.3 Å². The number of hydrogen-bond acceptors (Lipinski definition) is 2. The molecule has 0 aliphatic carbocycles. The van der Waals surface area contributed by atoms with E-state index in [2.05, 4.69) is 5.32 Å². The summed E-state index contributed by atoms with van der Waals surface area (Å²) in [4.78, 5) is 1.76. The zero-order chi connectivity index (χ0) is 13.3. The second-order valence-electron chi connectivity index (χ2n) is 4.98. The summed E-state index contributed by atoms with van der Waals surface area (Å²) in [6.45, 7) is 5.93. The minimum atomic E-state index is -1.15. The molecule has 1 unspecified atom stereocenters. The lowest BCUT2D eigenvalue weighted by Crippen LogP contribution is -2.58. The Morgan fingerprint density at radius 3 is 2.56 bits per heavy atom. The predicted octanol–water partition coefficient (Wildman–Crippen LogP) is 2.68. The van der Waals surface area contributed by atoms with E-state index in [0.717, 1.165) is 12.5 Å². The highest BCUT2D eigenvalue weighted by molar-refractivity contribution is 5.49. The van der Waals surface area contributed by atoms with Crippen molar-refractivity contribution >= 4 is 5.69 Å². The van der Waals surface area contributed by atoms with Crippen molar-refractivity contribution in [3.8, 4) is 0 Å². The van der Waals surface area contributed by atoms with Gasteiger partial charge in [0.15, 0.2) is 11.6 Å². The molecule has 1 aromatic rings. The molecule has 1 aliphatic heterocycles. The minimum absolute atomic E-state index is 0.129. The van der Waals surface area contributed by atoms with Gasteiger partial charge in [-0.2, -0.15) is 0 Å². The molecule has 18 heavy (non-hydrogen) atoms. The molecule has 2 nitrogen and oxygen atoms in total. The van der Waals surface area contributed by atoms with Crippen LogP contribution in [-0.4, -0.2) is 25.2 Å². The molecule has 0 amide bonds. The summed E-state index contributed by atoms with van der Waals surface area (Å²) in [6.07, 6.45) is 0.884. The van der Waals surface area contributed by atoms with E-state index in [-0.39, 0.29) is 11.2 Å². The van der Waals surface area contributed by atoms with Gasteiger partial charge in [0, 0.05) is 37.3 Å². The van der Waals surface area contributed by atoms with E-state index in [4.69, 9.17) is 0 Å². The van der Waals surface area contributed by atoms with E-state index in [1.54, 1.807) is 4.90 Å². The molecular formula is C13H17F3N2. The van der Waals surface area contributed by atoms with E-state index in [0.29, 0.717) is 25.7 Å². The maximum atomic E-state index is 13.7. The summed E-state index contributed by atoms with van der Waals surface area (Å²) in [5, 5.41) is 3.36. The first-order valence-corrected chi connectivity index (χ1v) is 6.10. The van der Waals surface area contributed by atoms with Crippen LogP contribution in [0.2, 0.25) is 0 Å². The number of piperazine rings is 1. The van der Waals surface area contributed by atoms with Gasteiger partial charge >= 0.3 is 0 Å². The predicted molar refractivity (Wildman–Crippen MR) is 65.2 cm³/mol. The molecule has 0 saturated carbocycles. The first-order chi connectivity index (χ1) is 8.45. The molecule has 1 aliphatic rings. The molecule has 0 radical (unpaired) electrons. The lowest BCUT2D eigenvalue weighted by Gasteiger charge is -2.42. The zero-order valence-electron chi connectivity index (χ0n) is 10.6. The summed E-state index contributed by atoms with van der Waals surface area (Å²) in [6, 6.07) is 1.54. The summed E-state index contributed by atoms with van der Waals surface area (Å²) in [7, 11) is 0. The lowest BCUT2D eigenvalue weighted by molar-refractivity contribution is 0.312. The highest BCUT2D eigenvalue weighted by atomic mass is 19.2. The fourth-order valence-electron chi connectivity index (χ4n) is 2.25. The van der Waals surface area contributed by atoms with Crippen molar-refractivity contribution in [1.82, 2.24) is 5.32 Å². The van der Waals surface area contributed by atoms with Gasteiger partial charge in [-0.1, -0.05) is 6.92 Å². The third-order valence-electron chi connectivity index (χ3n) is 3.58. The number of halogens is 3. The van der Waals surface area contributed by atoms with E-state index >= 15 is 0 Å². The third-order valence-corrected chi connectivity index (χ3v) is 3.58. The van der Waals surface area contributed by atoms with Gasteiger partial charge < -0.3 is 10.2 Å². The third kappa shape index (κ3) is 2.46. The standard InChI is InChI=1S/C13H17F3N2/c1-3-13(2)8-18(5-4-17-13)12-7-10(15)9(14)6-11(12)16/h6-7,17H,3-5,8H2,1-2H3. The molecule has 5 heteroatoms. The average molecular weight is 258 g/mol. The number of benzene rings is 1. The van der Waals surface area contributed by atoms with Crippen LogP contribution in [-0.2, 0) is 0 Å². The van der Waals surface area contributed by atoms with Crippen LogP contribution in [0.25, 0.3) is 0 Å². The van der Waals surface area contributed by atoms with Gasteiger partial charge in [0.2, 0.25) is 0 Å². The van der Waals surface area contributed by atoms with Crippen molar-refractivity contribution in [3.05, 3.63) is 29.6 Å². The van der Waals surface area contributed by atoms with Crippen molar-refractivity contribution in [2.24, 2.45) is 0 Å². The van der Waals surface area contributed by atoms with E-state index < -0.39 is 17.5 Å². The Morgan fingerprint density at radius 1 is 1.22 bits per heavy atom. The number of nitrogens with one attached hydrogen (secondary N) is 1. The molecule has 1 heterocycles. The Labute approximate surface area is 105 Å². The highest BCUT2D eigenvalue weighted by Gasteiger charge is 2.30. The quantitative estimate of drug-likeness (QED) is 0.820. The van der Waals surface area contributed by atoms with Gasteiger partial charge in [-0.3, -0.25) is 0 Å². The fourth-order valence-corrected chi connectivity index (χ4v) is 2.25. The molecule has 1 fully saturated rings. The maximum absolute atomic E-state index is 13.7. The van der Waals surface area contributed by atoms with Crippen LogP contribution < -0.4 is 10.2 Å². The van der Waals surface area contributed by atoms with Crippen LogP contribution in [0.4, 0.5) is 18.9 Å². The Morgan fingerprint density at radius 2 is 1.89 bits per heavy atom. The molecular weight excluding hydrogens is 241 g/mol. The molecule has 0 aromatic heterocycles. The summed E-state index contributed by atoms with van der Waals surface area (Å²) in [5.74, 6) is -2.87. The number of rotatable bonds is 2. The van der Waals surface area contributed by atoms with Crippen molar-refractivity contribution in [2.75, 3.05) is 24.5 Å². The second kappa shape index (κ2) is 4.80. The van der Waals surface area contributed by atoms with Gasteiger partial charge in [-0.25, -0.2) is 13.2 Å². The Kier molecular flexibility index (Phi) is 3.52. The van der Waals surface area contributed by atoms with Crippen LogP contribution in [0.3, 0.4) is 0 Å². The molecule has 0 bridgehead atoms. The van der Waals surface area contributed by atoms with E-state index in [1.165, 1.54) is 0 Å². The monoisotopic (exact) mass is 258 g/mol.